The highest BCUT2D eigenvalue weighted by Gasteiger charge is 2.04. The second-order valence-electron chi connectivity index (χ2n) is 3.73. The van der Waals surface area contributed by atoms with E-state index in [0.29, 0.717) is 5.03 Å². The van der Waals surface area contributed by atoms with E-state index in [1.54, 1.807) is 6.08 Å². The molecule has 1 amide bonds. The zero-order chi connectivity index (χ0) is 14.2. The average molecular weight is 287 g/mol. The van der Waals surface area contributed by atoms with E-state index in [1.807, 2.05) is 30.3 Å². The summed E-state index contributed by atoms with van der Waals surface area (Å²) >= 11 is 5.98. The Morgan fingerprint density at radius 1 is 1.25 bits per heavy atom. The highest BCUT2D eigenvalue weighted by Crippen LogP contribution is 2.07. The van der Waals surface area contributed by atoms with E-state index in [9.17, 15) is 4.79 Å². The summed E-state index contributed by atoms with van der Waals surface area (Å²) in [5, 5.41) is 4.15. The van der Waals surface area contributed by atoms with Crippen LogP contribution in [0.5, 0.6) is 0 Å². The Morgan fingerprint density at radius 2 is 2.05 bits per heavy atom. The van der Waals surface area contributed by atoms with Gasteiger partial charge in [0.1, 0.15) is 5.69 Å². The van der Waals surface area contributed by atoms with Gasteiger partial charge in [-0.1, -0.05) is 41.9 Å². The number of halogens is 1. The van der Waals surface area contributed by atoms with Crippen molar-refractivity contribution in [2.75, 3.05) is 0 Å². The molecule has 0 atom stereocenters. The maximum atomic E-state index is 11.6. The highest BCUT2D eigenvalue weighted by atomic mass is 35.5. The van der Waals surface area contributed by atoms with E-state index in [4.69, 9.17) is 11.6 Å². The summed E-state index contributed by atoms with van der Waals surface area (Å²) in [6, 6.07) is 9.55. The molecule has 0 bridgehead atoms. The van der Waals surface area contributed by atoms with Crippen LogP contribution in [0.15, 0.2) is 59.1 Å². The number of benzene rings is 1. The predicted octanol–water partition coefficient (Wildman–Crippen LogP) is 2.47. The number of hydrogen-bond donors (Lipinski definition) is 1. The lowest BCUT2D eigenvalue weighted by Crippen LogP contribution is -2.18. The Hall–Kier alpha value is -2.53. The van der Waals surface area contributed by atoms with E-state index in [1.165, 1.54) is 24.8 Å². The summed E-state index contributed by atoms with van der Waals surface area (Å²) in [6.07, 6.45) is 7.36. The molecular formula is C14H11ClN4O. The maximum absolute atomic E-state index is 11.6. The van der Waals surface area contributed by atoms with Gasteiger partial charge in [-0.25, -0.2) is 10.4 Å². The summed E-state index contributed by atoms with van der Waals surface area (Å²) in [6.45, 7) is 0. The summed E-state index contributed by atoms with van der Waals surface area (Å²) in [7, 11) is 0. The standard InChI is InChI=1S/C14H11ClN4O/c15-12(8-11-4-2-1-3-5-11)9-18-19-14(20)13-10-16-6-7-17-13/h1-10H,(H,19,20). The van der Waals surface area contributed by atoms with E-state index in [0.717, 1.165) is 5.56 Å². The number of nitrogens with zero attached hydrogens (tertiary/aromatic N) is 3. The van der Waals surface area contributed by atoms with Gasteiger partial charge in [-0.2, -0.15) is 5.10 Å². The number of carbonyl (C=O) groups is 1. The van der Waals surface area contributed by atoms with Crippen LogP contribution < -0.4 is 5.43 Å². The molecule has 2 aromatic rings. The molecular weight excluding hydrogens is 276 g/mol. The summed E-state index contributed by atoms with van der Waals surface area (Å²) < 4.78 is 0. The first-order valence-corrected chi connectivity index (χ1v) is 6.15. The van der Waals surface area contributed by atoms with Gasteiger partial charge in [-0.15, -0.1) is 0 Å². The number of hydrogen-bond acceptors (Lipinski definition) is 4. The van der Waals surface area contributed by atoms with Crippen molar-refractivity contribution >= 4 is 29.8 Å². The summed E-state index contributed by atoms with van der Waals surface area (Å²) in [5.74, 6) is -0.446. The van der Waals surface area contributed by atoms with Crippen molar-refractivity contribution in [1.82, 2.24) is 15.4 Å². The quantitative estimate of drug-likeness (QED) is 0.693. The van der Waals surface area contributed by atoms with E-state index in [2.05, 4.69) is 20.5 Å². The second-order valence-corrected chi connectivity index (χ2v) is 4.17. The molecule has 0 unspecified atom stereocenters. The molecule has 0 saturated carbocycles. The third-order valence-electron chi connectivity index (χ3n) is 2.25. The van der Waals surface area contributed by atoms with Crippen LogP contribution in [-0.2, 0) is 0 Å². The van der Waals surface area contributed by atoms with Crippen LogP contribution in [0.25, 0.3) is 6.08 Å². The van der Waals surface area contributed by atoms with Gasteiger partial charge in [0.25, 0.3) is 5.91 Å². The SMILES string of the molecule is O=C(NN=CC(Cl)=Cc1ccccc1)c1cnccn1. The molecule has 0 spiro atoms. The molecule has 1 aromatic carbocycles. The number of aromatic nitrogens is 2. The molecule has 1 N–H and O–H groups in total. The van der Waals surface area contributed by atoms with Crippen molar-refractivity contribution in [1.29, 1.82) is 0 Å². The number of rotatable bonds is 4. The molecule has 1 heterocycles. The third-order valence-corrected chi connectivity index (χ3v) is 2.46. The van der Waals surface area contributed by atoms with Gasteiger partial charge < -0.3 is 0 Å². The van der Waals surface area contributed by atoms with E-state index >= 15 is 0 Å². The topological polar surface area (TPSA) is 67.2 Å². The van der Waals surface area contributed by atoms with Crippen LogP contribution in [0.2, 0.25) is 0 Å². The van der Waals surface area contributed by atoms with Crippen LogP contribution in [0.1, 0.15) is 16.1 Å². The zero-order valence-electron chi connectivity index (χ0n) is 10.4. The lowest BCUT2D eigenvalue weighted by atomic mass is 10.2. The van der Waals surface area contributed by atoms with Gasteiger partial charge in [-0.3, -0.25) is 9.78 Å². The van der Waals surface area contributed by atoms with Crippen molar-refractivity contribution in [3.63, 3.8) is 0 Å². The van der Waals surface area contributed by atoms with Crippen LogP contribution >= 0.6 is 11.6 Å². The smallest absolute Gasteiger partial charge is 0.265 e. The van der Waals surface area contributed by atoms with Crippen molar-refractivity contribution in [2.45, 2.75) is 0 Å². The molecule has 0 aliphatic carbocycles. The zero-order valence-corrected chi connectivity index (χ0v) is 11.2. The van der Waals surface area contributed by atoms with E-state index in [-0.39, 0.29) is 5.69 Å². The number of hydrazone groups is 1. The first-order valence-electron chi connectivity index (χ1n) is 5.77. The van der Waals surface area contributed by atoms with Crippen molar-refractivity contribution in [3.05, 3.63) is 65.2 Å². The van der Waals surface area contributed by atoms with Crippen molar-refractivity contribution in [3.8, 4) is 0 Å². The Kier molecular flexibility index (Phi) is 4.97. The van der Waals surface area contributed by atoms with Gasteiger partial charge in [-0.05, 0) is 11.6 Å². The Morgan fingerprint density at radius 3 is 2.75 bits per heavy atom. The third kappa shape index (κ3) is 4.29. The molecule has 6 heteroatoms. The normalized spacial score (nSPS) is 11.6. The van der Waals surface area contributed by atoms with Crippen LogP contribution in [0.3, 0.4) is 0 Å². The predicted molar refractivity (Wildman–Crippen MR) is 78.3 cm³/mol. The molecule has 0 saturated heterocycles. The number of nitrogens with one attached hydrogen (secondary N) is 1. The minimum Gasteiger partial charge on any atom is -0.265 e. The minimum absolute atomic E-state index is 0.188. The number of carbonyl (C=O) groups excluding carboxylic acids is 1. The van der Waals surface area contributed by atoms with Gasteiger partial charge >= 0.3 is 0 Å². The first kappa shape index (κ1) is 13.9. The van der Waals surface area contributed by atoms with Crippen molar-refractivity contribution in [2.24, 2.45) is 5.10 Å². The monoisotopic (exact) mass is 286 g/mol. The van der Waals surface area contributed by atoms with Gasteiger partial charge in [0.15, 0.2) is 0 Å². The molecule has 0 aliphatic heterocycles. The number of amides is 1. The maximum Gasteiger partial charge on any atom is 0.291 e. The molecule has 0 fully saturated rings. The van der Waals surface area contributed by atoms with Crippen molar-refractivity contribution < 1.29 is 4.79 Å². The average Bonchev–Trinajstić information content (AvgIpc) is 2.49. The lowest BCUT2D eigenvalue weighted by Gasteiger charge is -1.97. The van der Waals surface area contributed by atoms with Crippen LogP contribution in [0.4, 0.5) is 0 Å². The highest BCUT2D eigenvalue weighted by molar-refractivity contribution is 6.41. The van der Waals surface area contributed by atoms with Gasteiger partial charge in [0.2, 0.25) is 0 Å². The molecule has 100 valence electrons. The lowest BCUT2D eigenvalue weighted by molar-refractivity contribution is 0.0950. The number of allylic oxidation sites excluding steroid dienone is 1. The van der Waals surface area contributed by atoms with Crippen LogP contribution in [0, 0.1) is 0 Å². The van der Waals surface area contributed by atoms with Gasteiger partial charge in [0.05, 0.1) is 17.4 Å². The largest absolute Gasteiger partial charge is 0.291 e. The Bertz CT molecular complexity index is 626. The minimum atomic E-state index is -0.446. The molecule has 20 heavy (non-hydrogen) atoms. The van der Waals surface area contributed by atoms with Crippen LogP contribution in [-0.4, -0.2) is 22.1 Å². The fraction of sp³-hybridized carbons (Fsp3) is 0. The Balaban J connectivity index is 1.94. The summed E-state index contributed by atoms with van der Waals surface area (Å²) in [5.41, 5.74) is 3.45. The molecule has 0 aliphatic rings. The van der Waals surface area contributed by atoms with Gasteiger partial charge in [0, 0.05) is 12.4 Å². The molecule has 1 aromatic heterocycles. The molecule has 5 nitrogen and oxygen atoms in total. The summed E-state index contributed by atoms with van der Waals surface area (Å²) in [4.78, 5) is 19.2. The molecule has 0 radical (unpaired) electrons. The fourth-order valence-corrected chi connectivity index (χ4v) is 1.55. The Labute approximate surface area is 121 Å². The molecule has 2 rings (SSSR count). The second kappa shape index (κ2) is 7.16. The first-order chi connectivity index (χ1) is 9.75. The fourth-order valence-electron chi connectivity index (χ4n) is 1.37. The van der Waals surface area contributed by atoms with E-state index < -0.39 is 5.91 Å².